The molecule has 1 heterocycles. The predicted octanol–water partition coefficient (Wildman–Crippen LogP) is 5.77. The second-order valence-electron chi connectivity index (χ2n) is 8.30. The maximum absolute atomic E-state index is 13.9. The van der Waals surface area contributed by atoms with E-state index in [9.17, 15) is 4.79 Å². The predicted molar refractivity (Wildman–Crippen MR) is 131 cm³/mol. The van der Waals surface area contributed by atoms with Gasteiger partial charge in [0.05, 0.1) is 25.0 Å². The van der Waals surface area contributed by atoms with Crippen molar-refractivity contribution >= 4 is 11.6 Å². The second kappa shape index (κ2) is 8.70. The third-order valence-corrected chi connectivity index (χ3v) is 6.41. The monoisotopic (exact) mass is 439 g/mol. The van der Waals surface area contributed by atoms with E-state index >= 15 is 0 Å². The maximum atomic E-state index is 13.9. The number of benzene rings is 4. The van der Waals surface area contributed by atoms with Crippen LogP contribution in [0.3, 0.4) is 0 Å². The Labute approximate surface area is 198 Å². The topological polar surface area (TPSA) is 67.9 Å². The molecule has 1 aliphatic heterocycles. The van der Waals surface area contributed by atoms with Gasteiger partial charge in [0, 0.05) is 11.3 Å². The zero-order valence-corrected chi connectivity index (χ0v) is 18.5. The zero-order valence-electron chi connectivity index (χ0n) is 18.5. The van der Waals surface area contributed by atoms with Gasteiger partial charge in [0.25, 0.3) is 5.91 Å². The lowest BCUT2D eigenvalue weighted by atomic mass is 9.76. The molecule has 5 rings (SSSR count). The lowest BCUT2D eigenvalue weighted by Crippen LogP contribution is -2.46. The number of nitrogens with zero attached hydrogens (tertiary/aromatic N) is 3. The Bertz CT molecular complexity index is 1370. The van der Waals surface area contributed by atoms with Crippen LogP contribution in [0, 0.1) is 22.7 Å². The molecule has 0 fully saturated rings. The third-order valence-electron chi connectivity index (χ3n) is 6.41. The Kier molecular flexibility index (Phi) is 5.42. The SMILES string of the molecule is N#CCc1ccc(C2(c3ccc(CC#N)cc3)c3ccccc3C(=O)N2c2ccccc2)cc1. The average molecular weight is 440 g/mol. The molecule has 0 saturated carbocycles. The molecular weight excluding hydrogens is 418 g/mol. The molecule has 1 aliphatic rings. The molecule has 4 heteroatoms. The summed E-state index contributed by atoms with van der Waals surface area (Å²) in [6, 6.07) is 37.7. The van der Waals surface area contributed by atoms with Crippen molar-refractivity contribution in [3.8, 4) is 12.1 Å². The first kappa shape index (κ1) is 21.2. The quantitative estimate of drug-likeness (QED) is 0.396. The standard InChI is InChI=1S/C30H21N3O/c31-20-18-22-10-14-24(15-11-22)30(25-16-12-23(13-17-25)19-21-32)28-9-5-4-8-27(28)29(34)33(30)26-6-2-1-3-7-26/h1-17H,18-19H2. The molecular formula is C30H21N3O. The van der Waals surface area contributed by atoms with Gasteiger partial charge < -0.3 is 0 Å². The van der Waals surface area contributed by atoms with E-state index in [0.29, 0.717) is 18.4 Å². The van der Waals surface area contributed by atoms with E-state index in [1.165, 1.54) is 0 Å². The van der Waals surface area contributed by atoms with Crippen molar-refractivity contribution in [3.63, 3.8) is 0 Å². The molecule has 0 aliphatic carbocycles. The molecule has 0 unspecified atom stereocenters. The molecule has 0 radical (unpaired) electrons. The van der Waals surface area contributed by atoms with Crippen LogP contribution in [-0.2, 0) is 18.4 Å². The highest BCUT2D eigenvalue weighted by Gasteiger charge is 2.52. The van der Waals surface area contributed by atoms with Gasteiger partial charge in [-0.1, -0.05) is 84.9 Å². The van der Waals surface area contributed by atoms with Crippen LogP contribution in [0.15, 0.2) is 103 Å². The van der Waals surface area contributed by atoms with Crippen LogP contribution in [0.25, 0.3) is 0 Å². The van der Waals surface area contributed by atoms with Crippen molar-refractivity contribution in [2.45, 2.75) is 18.4 Å². The Balaban J connectivity index is 1.84. The summed E-state index contributed by atoms with van der Waals surface area (Å²) in [5.41, 5.74) is 5.19. The maximum Gasteiger partial charge on any atom is 0.260 e. The summed E-state index contributed by atoms with van der Waals surface area (Å²) >= 11 is 0. The Morgan fingerprint density at radius 3 is 1.68 bits per heavy atom. The summed E-state index contributed by atoms with van der Waals surface area (Å²) in [6.07, 6.45) is 0.655. The summed E-state index contributed by atoms with van der Waals surface area (Å²) < 4.78 is 0. The van der Waals surface area contributed by atoms with E-state index in [2.05, 4.69) is 12.1 Å². The van der Waals surface area contributed by atoms with E-state index in [1.807, 2.05) is 108 Å². The lowest BCUT2D eigenvalue weighted by Gasteiger charge is -2.40. The van der Waals surface area contributed by atoms with Gasteiger partial charge in [-0.2, -0.15) is 10.5 Å². The van der Waals surface area contributed by atoms with Crippen LogP contribution in [0.5, 0.6) is 0 Å². The van der Waals surface area contributed by atoms with Crippen molar-refractivity contribution in [2.75, 3.05) is 4.90 Å². The number of para-hydroxylation sites is 1. The van der Waals surface area contributed by atoms with Gasteiger partial charge >= 0.3 is 0 Å². The number of rotatable bonds is 5. The molecule has 4 aromatic rings. The van der Waals surface area contributed by atoms with Gasteiger partial charge in [0.1, 0.15) is 5.54 Å². The van der Waals surface area contributed by atoms with E-state index < -0.39 is 5.54 Å². The number of anilines is 1. The summed E-state index contributed by atoms with van der Waals surface area (Å²) in [4.78, 5) is 15.8. The first-order valence-corrected chi connectivity index (χ1v) is 11.1. The fraction of sp³-hybridized carbons (Fsp3) is 0.100. The molecule has 1 amide bonds. The van der Waals surface area contributed by atoms with E-state index in [4.69, 9.17) is 10.5 Å². The van der Waals surface area contributed by atoms with Crippen molar-refractivity contribution in [2.24, 2.45) is 0 Å². The Hall–Kier alpha value is -4.67. The van der Waals surface area contributed by atoms with Crippen molar-refractivity contribution in [1.82, 2.24) is 0 Å². The molecule has 0 spiro atoms. The molecule has 0 N–H and O–H groups in total. The molecule has 34 heavy (non-hydrogen) atoms. The summed E-state index contributed by atoms with van der Waals surface area (Å²) in [5, 5.41) is 18.3. The van der Waals surface area contributed by atoms with Gasteiger partial charge in [-0.25, -0.2) is 0 Å². The minimum Gasteiger partial charge on any atom is -0.290 e. The van der Waals surface area contributed by atoms with Crippen molar-refractivity contribution in [3.05, 3.63) is 137 Å². The number of carbonyl (C=O) groups excluding carboxylic acids is 1. The molecule has 4 nitrogen and oxygen atoms in total. The summed E-state index contributed by atoms with van der Waals surface area (Å²) in [7, 11) is 0. The van der Waals surface area contributed by atoms with Gasteiger partial charge in [-0.3, -0.25) is 9.69 Å². The van der Waals surface area contributed by atoms with Crippen molar-refractivity contribution < 1.29 is 4.79 Å². The molecule has 0 aromatic heterocycles. The number of carbonyl (C=O) groups is 1. The van der Waals surface area contributed by atoms with Crippen molar-refractivity contribution in [1.29, 1.82) is 10.5 Å². The molecule has 0 atom stereocenters. The highest BCUT2D eigenvalue weighted by atomic mass is 16.2. The first-order chi connectivity index (χ1) is 16.7. The molecule has 0 saturated heterocycles. The minimum absolute atomic E-state index is 0.0657. The third kappa shape index (κ3) is 3.25. The number of nitriles is 2. The van der Waals surface area contributed by atoms with Crippen LogP contribution in [-0.4, -0.2) is 5.91 Å². The van der Waals surface area contributed by atoms with Crippen LogP contribution in [0.2, 0.25) is 0 Å². The highest BCUT2D eigenvalue weighted by molar-refractivity contribution is 6.13. The zero-order chi connectivity index (χ0) is 23.5. The van der Waals surface area contributed by atoms with E-state index in [1.54, 1.807) is 0 Å². The molecule has 0 bridgehead atoms. The lowest BCUT2D eigenvalue weighted by molar-refractivity contribution is 0.0986. The normalized spacial score (nSPS) is 13.7. The van der Waals surface area contributed by atoms with Crippen LogP contribution in [0.4, 0.5) is 5.69 Å². The second-order valence-corrected chi connectivity index (χ2v) is 8.30. The van der Waals surface area contributed by atoms with E-state index in [-0.39, 0.29) is 5.91 Å². The smallest absolute Gasteiger partial charge is 0.260 e. The number of amides is 1. The van der Waals surface area contributed by atoms with E-state index in [0.717, 1.165) is 33.5 Å². The van der Waals surface area contributed by atoms with Gasteiger partial charge in [-0.15, -0.1) is 0 Å². The summed E-state index contributed by atoms with van der Waals surface area (Å²) in [6.45, 7) is 0. The number of fused-ring (bicyclic) bond motifs is 1. The summed E-state index contributed by atoms with van der Waals surface area (Å²) in [5.74, 6) is -0.0657. The molecule has 4 aromatic carbocycles. The Morgan fingerprint density at radius 1 is 0.647 bits per heavy atom. The van der Waals surface area contributed by atoms with Crippen LogP contribution < -0.4 is 4.90 Å². The average Bonchev–Trinajstić information content (AvgIpc) is 3.15. The first-order valence-electron chi connectivity index (χ1n) is 11.1. The minimum atomic E-state index is -0.897. The number of hydrogen-bond donors (Lipinski definition) is 0. The van der Waals surface area contributed by atoms with Gasteiger partial charge in [0.2, 0.25) is 0 Å². The largest absolute Gasteiger partial charge is 0.290 e. The number of hydrogen-bond acceptors (Lipinski definition) is 3. The Morgan fingerprint density at radius 2 is 1.15 bits per heavy atom. The highest BCUT2D eigenvalue weighted by Crippen LogP contribution is 2.50. The van der Waals surface area contributed by atoms with Crippen LogP contribution >= 0.6 is 0 Å². The molecule has 162 valence electrons. The fourth-order valence-corrected chi connectivity index (χ4v) is 4.91. The van der Waals surface area contributed by atoms with Crippen LogP contribution in [0.1, 0.15) is 38.2 Å². The van der Waals surface area contributed by atoms with Gasteiger partial charge in [0.15, 0.2) is 0 Å². The van der Waals surface area contributed by atoms with Gasteiger partial charge in [-0.05, 0) is 46.0 Å². The fourth-order valence-electron chi connectivity index (χ4n) is 4.91.